The van der Waals surface area contributed by atoms with Gasteiger partial charge in [0.1, 0.15) is 5.01 Å². The van der Waals surface area contributed by atoms with Crippen molar-refractivity contribution in [2.24, 2.45) is 0 Å². The van der Waals surface area contributed by atoms with Crippen LogP contribution in [0, 0.1) is 6.92 Å². The van der Waals surface area contributed by atoms with E-state index >= 15 is 0 Å². The van der Waals surface area contributed by atoms with Crippen LogP contribution in [0.25, 0.3) is 16.2 Å². The van der Waals surface area contributed by atoms with Crippen LogP contribution >= 0.6 is 22.9 Å². The molecule has 3 nitrogen and oxygen atoms in total. The summed E-state index contributed by atoms with van der Waals surface area (Å²) < 4.78 is 1.92. The van der Waals surface area contributed by atoms with Crippen LogP contribution in [0.2, 0.25) is 5.02 Å². The normalized spacial score (nSPS) is 11.3. The largest absolute Gasteiger partial charge is 0.217 e. The average molecular weight is 278 g/mol. The Morgan fingerprint density at radius 2 is 2.00 bits per heavy atom. The number of hydrogen-bond donors (Lipinski definition) is 0. The molecule has 0 saturated heterocycles. The van der Waals surface area contributed by atoms with Gasteiger partial charge >= 0.3 is 0 Å². The van der Waals surface area contributed by atoms with Crippen LogP contribution in [0.4, 0.5) is 0 Å². The van der Waals surface area contributed by atoms with Gasteiger partial charge in [-0.05, 0) is 25.5 Å². The molecule has 0 aliphatic heterocycles. The van der Waals surface area contributed by atoms with Crippen molar-refractivity contribution in [3.05, 3.63) is 40.0 Å². The fourth-order valence-electron chi connectivity index (χ4n) is 1.91. The molecule has 92 valence electrons. The Kier molecular flexibility index (Phi) is 2.84. The van der Waals surface area contributed by atoms with E-state index in [9.17, 15) is 0 Å². The minimum absolute atomic E-state index is 0.740. The van der Waals surface area contributed by atoms with Crippen LogP contribution in [0.5, 0.6) is 0 Å². The first-order chi connectivity index (χ1) is 8.69. The number of benzene rings is 1. The summed E-state index contributed by atoms with van der Waals surface area (Å²) in [5.74, 6) is 0. The van der Waals surface area contributed by atoms with E-state index in [1.165, 1.54) is 0 Å². The second-order valence-electron chi connectivity index (χ2n) is 4.10. The molecule has 0 aliphatic rings. The molecule has 0 atom stereocenters. The van der Waals surface area contributed by atoms with Crippen molar-refractivity contribution in [2.75, 3.05) is 0 Å². The zero-order valence-electron chi connectivity index (χ0n) is 10.1. The molecule has 1 aromatic carbocycles. The predicted octanol–water partition coefficient (Wildman–Crippen LogP) is 3.98. The van der Waals surface area contributed by atoms with E-state index in [2.05, 4.69) is 17.0 Å². The maximum Gasteiger partial charge on any atom is 0.212 e. The maximum absolute atomic E-state index is 5.90. The van der Waals surface area contributed by atoms with Crippen molar-refractivity contribution in [2.45, 2.75) is 20.3 Å². The number of fused-ring (bicyclic) bond motifs is 1. The number of hydrogen-bond acceptors (Lipinski definition) is 3. The highest BCUT2D eigenvalue weighted by molar-refractivity contribution is 7.16. The number of imidazole rings is 1. The van der Waals surface area contributed by atoms with Crippen molar-refractivity contribution >= 4 is 27.9 Å². The molecular weight excluding hydrogens is 266 g/mol. The first-order valence-electron chi connectivity index (χ1n) is 5.80. The lowest BCUT2D eigenvalue weighted by Crippen LogP contribution is -1.90. The number of aryl methyl sites for hydroxylation is 2. The zero-order chi connectivity index (χ0) is 12.7. The van der Waals surface area contributed by atoms with Crippen LogP contribution in [-0.4, -0.2) is 14.6 Å². The fourth-order valence-corrected chi connectivity index (χ4v) is 2.92. The third-order valence-electron chi connectivity index (χ3n) is 2.89. The molecule has 0 radical (unpaired) electrons. The highest BCUT2D eigenvalue weighted by Gasteiger charge is 2.13. The average Bonchev–Trinajstić information content (AvgIpc) is 2.90. The van der Waals surface area contributed by atoms with Crippen molar-refractivity contribution in [3.8, 4) is 11.3 Å². The predicted molar refractivity (Wildman–Crippen MR) is 75.4 cm³/mol. The Morgan fingerprint density at radius 1 is 1.28 bits per heavy atom. The molecule has 0 saturated carbocycles. The zero-order valence-corrected chi connectivity index (χ0v) is 11.7. The van der Waals surface area contributed by atoms with E-state index in [1.54, 1.807) is 11.3 Å². The van der Waals surface area contributed by atoms with E-state index in [-0.39, 0.29) is 0 Å². The van der Waals surface area contributed by atoms with Gasteiger partial charge in [0.2, 0.25) is 4.96 Å². The van der Waals surface area contributed by atoms with Crippen molar-refractivity contribution in [3.63, 3.8) is 0 Å². The standard InChI is InChI=1S/C13H12ClN3S/c1-3-11-16-17-8(2)12(15-13(17)18-11)9-4-6-10(14)7-5-9/h4-7H,3H2,1-2H3. The van der Waals surface area contributed by atoms with Gasteiger partial charge in [-0.2, -0.15) is 5.10 Å². The topological polar surface area (TPSA) is 30.2 Å². The van der Waals surface area contributed by atoms with Gasteiger partial charge in [0.25, 0.3) is 0 Å². The molecule has 0 aliphatic carbocycles. The summed E-state index contributed by atoms with van der Waals surface area (Å²) in [7, 11) is 0. The highest BCUT2D eigenvalue weighted by atomic mass is 35.5. The lowest BCUT2D eigenvalue weighted by molar-refractivity contribution is 0.882. The smallest absolute Gasteiger partial charge is 0.212 e. The van der Waals surface area contributed by atoms with Crippen molar-refractivity contribution in [1.82, 2.24) is 14.6 Å². The van der Waals surface area contributed by atoms with Crippen molar-refractivity contribution < 1.29 is 0 Å². The molecule has 18 heavy (non-hydrogen) atoms. The third-order valence-corrected chi connectivity index (χ3v) is 4.19. The molecule has 0 bridgehead atoms. The van der Waals surface area contributed by atoms with Crippen LogP contribution in [-0.2, 0) is 6.42 Å². The summed E-state index contributed by atoms with van der Waals surface area (Å²) in [5.41, 5.74) is 3.13. The molecule has 5 heteroatoms. The van der Waals surface area contributed by atoms with Crippen LogP contribution in [0.15, 0.2) is 24.3 Å². The van der Waals surface area contributed by atoms with Crippen LogP contribution in [0.1, 0.15) is 17.6 Å². The first kappa shape index (κ1) is 11.7. The van der Waals surface area contributed by atoms with Crippen LogP contribution in [0.3, 0.4) is 0 Å². The Morgan fingerprint density at radius 3 is 2.61 bits per heavy atom. The number of nitrogens with zero attached hydrogens (tertiary/aromatic N) is 3. The summed E-state index contributed by atoms with van der Waals surface area (Å²) >= 11 is 7.54. The van der Waals surface area contributed by atoms with Gasteiger partial charge in [-0.25, -0.2) is 9.50 Å². The minimum atomic E-state index is 0.740. The van der Waals surface area contributed by atoms with Crippen molar-refractivity contribution in [1.29, 1.82) is 0 Å². The van der Waals surface area contributed by atoms with Gasteiger partial charge in [0, 0.05) is 10.6 Å². The Balaban J connectivity index is 2.15. The SMILES string of the molecule is CCc1nn2c(C)c(-c3ccc(Cl)cc3)nc2s1. The molecule has 2 heterocycles. The van der Waals surface area contributed by atoms with Gasteiger partial charge in [-0.15, -0.1) is 0 Å². The second-order valence-corrected chi connectivity index (χ2v) is 5.57. The molecule has 0 unspecified atom stereocenters. The molecular formula is C13H12ClN3S. The Hall–Kier alpha value is -1.39. The second kappa shape index (κ2) is 4.37. The number of aromatic nitrogens is 3. The minimum Gasteiger partial charge on any atom is -0.217 e. The highest BCUT2D eigenvalue weighted by Crippen LogP contribution is 2.27. The number of rotatable bonds is 2. The molecule has 0 N–H and O–H groups in total. The van der Waals surface area contributed by atoms with Gasteiger partial charge < -0.3 is 0 Å². The quantitative estimate of drug-likeness (QED) is 0.709. The van der Waals surface area contributed by atoms with E-state index < -0.39 is 0 Å². The van der Waals surface area contributed by atoms with Gasteiger partial charge in [-0.1, -0.05) is 42.0 Å². The van der Waals surface area contributed by atoms with Gasteiger partial charge in [0.15, 0.2) is 0 Å². The summed E-state index contributed by atoms with van der Waals surface area (Å²) in [6, 6.07) is 7.74. The van der Waals surface area contributed by atoms with Crippen LogP contribution < -0.4 is 0 Å². The van der Waals surface area contributed by atoms with E-state index in [4.69, 9.17) is 11.6 Å². The summed E-state index contributed by atoms with van der Waals surface area (Å²) in [5, 5.41) is 6.39. The molecule has 0 fully saturated rings. The Labute approximate surface area is 114 Å². The molecule has 3 rings (SSSR count). The third kappa shape index (κ3) is 1.82. The van der Waals surface area contributed by atoms with E-state index in [1.807, 2.05) is 35.7 Å². The molecule has 2 aromatic heterocycles. The Bertz CT molecular complexity index is 697. The fraction of sp³-hybridized carbons (Fsp3) is 0.231. The summed E-state index contributed by atoms with van der Waals surface area (Å²) in [6.07, 6.45) is 0.948. The van der Waals surface area contributed by atoms with E-state index in [0.717, 1.165) is 38.4 Å². The molecule has 0 spiro atoms. The molecule has 3 aromatic rings. The first-order valence-corrected chi connectivity index (χ1v) is 6.99. The molecule has 0 amide bonds. The monoisotopic (exact) mass is 277 g/mol. The summed E-state index contributed by atoms with van der Waals surface area (Å²) in [4.78, 5) is 5.61. The number of halogens is 1. The lowest BCUT2D eigenvalue weighted by Gasteiger charge is -1.98. The van der Waals surface area contributed by atoms with E-state index in [0.29, 0.717) is 0 Å². The summed E-state index contributed by atoms with van der Waals surface area (Å²) in [6.45, 7) is 4.15. The lowest BCUT2D eigenvalue weighted by atomic mass is 10.1. The van der Waals surface area contributed by atoms with Gasteiger partial charge in [-0.3, -0.25) is 0 Å². The van der Waals surface area contributed by atoms with Gasteiger partial charge in [0.05, 0.1) is 11.4 Å². The maximum atomic E-state index is 5.90.